The van der Waals surface area contributed by atoms with Crippen molar-refractivity contribution >= 4 is 17.8 Å². The average Bonchev–Trinajstić information content (AvgIpc) is 3.20. The van der Waals surface area contributed by atoms with Crippen molar-refractivity contribution in [2.45, 2.75) is 31.7 Å². The number of hydrogen-bond acceptors (Lipinski definition) is 3. The highest BCUT2D eigenvalue weighted by molar-refractivity contribution is 6.09. The fraction of sp³-hybridized carbons (Fsp3) is 0.250. The van der Waals surface area contributed by atoms with Gasteiger partial charge in [0.15, 0.2) is 0 Å². The second kappa shape index (κ2) is 5.98. The van der Waals surface area contributed by atoms with E-state index in [9.17, 15) is 14.4 Å². The van der Waals surface area contributed by atoms with Gasteiger partial charge in [0.2, 0.25) is 0 Å². The van der Waals surface area contributed by atoms with E-state index >= 15 is 0 Å². The number of carbonyl (C=O) groups excluding carboxylic acids is 3. The highest BCUT2D eigenvalue weighted by Crippen LogP contribution is 2.28. The number of benzene rings is 2. The van der Waals surface area contributed by atoms with Crippen LogP contribution in [0.25, 0.3) is 0 Å². The molecule has 0 spiro atoms. The molecule has 1 saturated heterocycles. The smallest absolute Gasteiger partial charge is 0.318 e. The third kappa shape index (κ3) is 2.54. The maximum atomic E-state index is 12.8. The first-order valence-electron chi connectivity index (χ1n) is 8.64. The summed E-state index contributed by atoms with van der Waals surface area (Å²) in [7, 11) is 0. The summed E-state index contributed by atoms with van der Waals surface area (Å²) in [6.45, 7) is 1.63. The SMILES string of the molecule is C[C@]1(c2ccccc2)NC(=O)N(NC(=O)c2ccc3c(c2)CCC3)C1=O. The van der Waals surface area contributed by atoms with Gasteiger partial charge in [0.1, 0.15) is 5.54 Å². The Balaban J connectivity index is 1.56. The highest BCUT2D eigenvalue weighted by Gasteiger charge is 2.50. The van der Waals surface area contributed by atoms with E-state index in [0.29, 0.717) is 11.1 Å². The van der Waals surface area contributed by atoms with Crippen LogP contribution in [0.4, 0.5) is 4.79 Å². The first-order valence-corrected chi connectivity index (χ1v) is 8.64. The molecule has 2 aromatic rings. The number of carbonyl (C=O) groups is 3. The van der Waals surface area contributed by atoms with Gasteiger partial charge in [0.05, 0.1) is 0 Å². The number of nitrogens with one attached hydrogen (secondary N) is 2. The molecule has 1 atom stereocenters. The molecular weight excluding hydrogens is 330 g/mol. The Bertz CT molecular complexity index is 910. The van der Waals surface area contributed by atoms with Crippen LogP contribution in [0.2, 0.25) is 0 Å². The summed E-state index contributed by atoms with van der Waals surface area (Å²) < 4.78 is 0. The summed E-state index contributed by atoms with van der Waals surface area (Å²) >= 11 is 0. The highest BCUT2D eigenvalue weighted by atomic mass is 16.2. The second-order valence-corrected chi connectivity index (χ2v) is 6.84. The predicted molar refractivity (Wildman–Crippen MR) is 95.1 cm³/mol. The molecule has 6 nitrogen and oxygen atoms in total. The molecule has 0 radical (unpaired) electrons. The van der Waals surface area contributed by atoms with Gasteiger partial charge in [-0.15, -0.1) is 0 Å². The van der Waals surface area contributed by atoms with Crippen molar-refractivity contribution in [3.05, 3.63) is 70.8 Å². The Labute approximate surface area is 151 Å². The summed E-state index contributed by atoms with van der Waals surface area (Å²) in [6, 6.07) is 13.8. The Morgan fingerprint density at radius 2 is 1.81 bits per heavy atom. The molecule has 0 bridgehead atoms. The summed E-state index contributed by atoms with van der Waals surface area (Å²) in [5, 5.41) is 3.43. The van der Waals surface area contributed by atoms with Gasteiger partial charge < -0.3 is 5.32 Å². The number of aryl methyl sites for hydroxylation is 2. The number of urea groups is 1. The van der Waals surface area contributed by atoms with E-state index in [2.05, 4.69) is 10.7 Å². The molecule has 26 heavy (non-hydrogen) atoms. The summed E-state index contributed by atoms with van der Waals surface area (Å²) in [5.41, 5.74) is 4.76. The number of hydrazine groups is 1. The van der Waals surface area contributed by atoms with Crippen LogP contribution < -0.4 is 10.7 Å². The Hall–Kier alpha value is -3.15. The van der Waals surface area contributed by atoms with Crippen LogP contribution >= 0.6 is 0 Å². The zero-order chi connectivity index (χ0) is 18.3. The number of amides is 4. The van der Waals surface area contributed by atoms with Crippen molar-refractivity contribution in [2.24, 2.45) is 0 Å². The quantitative estimate of drug-likeness (QED) is 0.835. The second-order valence-electron chi connectivity index (χ2n) is 6.84. The van der Waals surface area contributed by atoms with Crippen LogP contribution in [-0.2, 0) is 23.2 Å². The largest absolute Gasteiger partial charge is 0.344 e. The first kappa shape index (κ1) is 16.3. The van der Waals surface area contributed by atoms with Crippen molar-refractivity contribution in [3.8, 4) is 0 Å². The fourth-order valence-corrected chi connectivity index (χ4v) is 3.59. The first-order chi connectivity index (χ1) is 12.5. The zero-order valence-corrected chi connectivity index (χ0v) is 14.4. The Morgan fingerprint density at radius 3 is 2.58 bits per heavy atom. The standard InChI is InChI=1S/C20H19N3O3/c1-20(16-8-3-2-4-9-16)18(25)23(19(26)21-20)22-17(24)15-11-10-13-6-5-7-14(13)12-15/h2-4,8-12H,5-7H2,1H3,(H,21,26)(H,22,24)/t20-/m1/s1. The van der Waals surface area contributed by atoms with Crippen LogP contribution in [0.1, 0.15) is 40.4 Å². The number of nitrogens with zero attached hydrogens (tertiary/aromatic N) is 1. The van der Waals surface area contributed by atoms with E-state index in [1.165, 1.54) is 5.56 Å². The monoisotopic (exact) mass is 349 g/mol. The van der Waals surface area contributed by atoms with E-state index in [-0.39, 0.29) is 0 Å². The van der Waals surface area contributed by atoms with Gasteiger partial charge in [-0.3, -0.25) is 15.0 Å². The third-order valence-electron chi connectivity index (χ3n) is 5.12. The molecular formula is C20H19N3O3. The van der Waals surface area contributed by atoms with Gasteiger partial charge in [-0.05, 0) is 55.0 Å². The summed E-state index contributed by atoms with van der Waals surface area (Å²) in [5.74, 6) is -0.983. The number of fused-ring (bicyclic) bond motifs is 1. The fourth-order valence-electron chi connectivity index (χ4n) is 3.59. The lowest BCUT2D eigenvalue weighted by molar-refractivity contribution is -0.132. The number of hydrogen-bond donors (Lipinski definition) is 2. The molecule has 2 aliphatic rings. The molecule has 1 aliphatic heterocycles. The van der Waals surface area contributed by atoms with Crippen molar-refractivity contribution < 1.29 is 14.4 Å². The molecule has 0 saturated carbocycles. The van der Waals surface area contributed by atoms with Crippen molar-refractivity contribution in [2.75, 3.05) is 0 Å². The van der Waals surface area contributed by atoms with Gasteiger partial charge >= 0.3 is 6.03 Å². The van der Waals surface area contributed by atoms with Crippen molar-refractivity contribution in [1.82, 2.24) is 15.8 Å². The topological polar surface area (TPSA) is 78.5 Å². The predicted octanol–water partition coefficient (Wildman–Crippen LogP) is 2.29. The zero-order valence-electron chi connectivity index (χ0n) is 14.4. The molecule has 2 aromatic carbocycles. The molecule has 4 rings (SSSR count). The van der Waals surface area contributed by atoms with E-state index < -0.39 is 23.4 Å². The lowest BCUT2D eigenvalue weighted by atomic mass is 9.92. The molecule has 4 amide bonds. The van der Waals surface area contributed by atoms with Crippen LogP contribution in [0.15, 0.2) is 48.5 Å². The minimum Gasteiger partial charge on any atom is -0.318 e. The number of imide groups is 1. The maximum absolute atomic E-state index is 12.8. The number of rotatable bonds is 3. The maximum Gasteiger partial charge on any atom is 0.344 e. The van der Waals surface area contributed by atoms with Gasteiger partial charge in [0.25, 0.3) is 11.8 Å². The molecule has 1 heterocycles. The molecule has 1 aliphatic carbocycles. The lowest BCUT2D eigenvalue weighted by Gasteiger charge is -2.22. The average molecular weight is 349 g/mol. The van der Waals surface area contributed by atoms with Gasteiger partial charge in [-0.25, -0.2) is 4.79 Å². The van der Waals surface area contributed by atoms with Crippen LogP contribution in [0.3, 0.4) is 0 Å². The van der Waals surface area contributed by atoms with Crippen LogP contribution in [0, 0.1) is 0 Å². The molecule has 6 heteroatoms. The van der Waals surface area contributed by atoms with Crippen LogP contribution in [-0.4, -0.2) is 22.9 Å². The van der Waals surface area contributed by atoms with Crippen molar-refractivity contribution in [1.29, 1.82) is 0 Å². The van der Waals surface area contributed by atoms with E-state index in [0.717, 1.165) is 29.8 Å². The van der Waals surface area contributed by atoms with Crippen LogP contribution in [0.5, 0.6) is 0 Å². The van der Waals surface area contributed by atoms with E-state index in [1.54, 1.807) is 37.3 Å². The lowest BCUT2D eigenvalue weighted by Crippen LogP contribution is -2.47. The summed E-state index contributed by atoms with van der Waals surface area (Å²) in [4.78, 5) is 37.7. The molecule has 2 N–H and O–H groups in total. The molecule has 0 unspecified atom stereocenters. The normalized spacial score (nSPS) is 21.5. The van der Waals surface area contributed by atoms with Gasteiger partial charge in [-0.1, -0.05) is 36.4 Å². The molecule has 1 fully saturated rings. The minimum absolute atomic E-state index is 0.444. The van der Waals surface area contributed by atoms with Crippen molar-refractivity contribution in [3.63, 3.8) is 0 Å². The molecule has 0 aromatic heterocycles. The Kier molecular flexibility index (Phi) is 3.76. The summed E-state index contributed by atoms with van der Waals surface area (Å²) in [6.07, 6.45) is 3.06. The van der Waals surface area contributed by atoms with Gasteiger partial charge in [0, 0.05) is 5.56 Å². The van der Waals surface area contributed by atoms with E-state index in [4.69, 9.17) is 0 Å². The molecule has 132 valence electrons. The van der Waals surface area contributed by atoms with E-state index in [1.807, 2.05) is 18.2 Å². The van der Waals surface area contributed by atoms with Gasteiger partial charge in [-0.2, -0.15) is 5.01 Å². The third-order valence-corrected chi connectivity index (χ3v) is 5.12. The minimum atomic E-state index is -1.20. The Morgan fingerprint density at radius 1 is 1.08 bits per heavy atom.